The van der Waals surface area contributed by atoms with E-state index >= 15 is 0 Å². The standard InChI is InChI=1S/C13H17BN2O3/c1-16(19-2)12(17)11(15-13(14)18)9-8-10-6-4-3-5-7-10/h3-7,11H,8-9H2,1-2H3,(H,15,18)/t11-/m0/s1. The molecule has 0 aliphatic carbocycles. The van der Waals surface area contributed by atoms with E-state index in [0.29, 0.717) is 12.8 Å². The molecular weight excluding hydrogens is 243 g/mol. The Kier molecular flexibility index (Phi) is 6.08. The first kappa shape index (κ1) is 15.2. The fourth-order valence-electron chi connectivity index (χ4n) is 1.69. The van der Waals surface area contributed by atoms with Crippen LogP contribution in [-0.2, 0) is 16.1 Å². The highest BCUT2D eigenvalue weighted by Crippen LogP contribution is 2.07. The fourth-order valence-corrected chi connectivity index (χ4v) is 1.69. The molecule has 0 aromatic heterocycles. The number of benzene rings is 1. The fraction of sp³-hybridized carbons (Fsp3) is 0.385. The van der Waals surface area contributed by atoms with Gasteiger partial charge in [-0.1, -0.05) is 30.3 Å². The van der Waals surface area contributed by atoms with Crippen molar-refractivity contribution in [1.82, 2.24) is 10.4 Å². The second-order valence-electron chi connectivity index (χ2n) is 4.10. The Labute approximate surface area is 114 Å². The van der Waals surface area contributed by atoms with Crippen molar-refractivity contribution in [3.05, 3.63) is 35.9 Å². The van der Waals surface area contributed by atoms with Crippen molar-refractivity contribution in [3.63, 3.8) is 0 Å². The van der Waals surface area contributed by atoms with E-state index in [1.54, 1.807) is 0 Å². The van der Waals surface area contributed by atoms with Gasteiger partial charge in [0, 0.05) is 7.05 Å². The number of hydroxylamine groups is 2. The smallest absolute Gasteiger partial charge is 0.268 e. The van der Waals surface area contributed by atoms with Gasteiger partial charge in [0.1, 0.15) is 6.04 Å². The van der Waals surface area contributed by atoms with Crippen molar-refractivity contribution in [2.75, 3.05) is 14.2 Å². The van der Waals surface area contributed by atoms with Crippen LogP contribution in [-0.4, -0.2) is 44.8 Å². The normalized spacial score (nSPS) is 11.7. The molecule has 1 atom stereocenters. The molecular formula is C13H17BN2O3. The maximum absolute atomic E-state index is 12.0. The number of hydrogen-bond donors (Lipinski definition) is 1. The summed E-state index contributed by atoms with van der Waals surface area (Å²) in [5.41, 5.74) is 1.09. The van der Waals surface area contributed by atoms with E-state index in [2.05, 4.69) is 5.32 Å². The topological polar surface area (TPSA) is 58.6 Å². The minimum absolute atomic E-state index is 0.336. The first-order chi connectivity index (χ1) is 9.04. The highest BCUT2D eigenvalue weighted by molar-refractivity contribution is 6.57. The van der Waals surface area contributed by atoms with E-state index in [-0.39, 0.29) is 5.91 Å². The molecule has 5 nitrogen and oxygen atoms in total. The van der Waals surface area contributed by atoms with Crippen LogP contribution in [0.5, 0.6) is 0 Å². The summed E-state index contributed by atoms with van der Waals surface area (Å²) in [4.78, 5) is 27.7. The Bertz CT molecular complexity index is 425. The number of hydrogen-bond acceptors (Lipinski definition) is 3. The number of likely N-dealkylation sites (N-methyl/N-ethyl adjacent to an activating group) is 1. The molecule has 1 aromatic rings. The zero-order valence-electron chi connectivity index (χ0n) is 11.1. The van der Waals surface area contributed by atoms with E-state index in [4.69, 9.17) is 12.7 Å². The summed E-state index contributed by atoms with van der Waals surface area (Å²) in [5.74, 6) is -1.06. The SMILES string of the molecule is [B]C(=O)N[C@@H](CCc1ccccc1)C(=O)N(C)OC. The average molecular weight is 260 g/mol. The van der Waals surface area contributed by atoms with E-state index < -0.39 is 11.8 Å². The second-order valence-corrected chi connectivity index (χ2v) is 4.10. The van der Waals surface area contributed by atoms with Crippen LogP contribution in [0.15, 0.2) is 30.3 Å². The van der Waals surface area contributed by atoms with Gasteiger partial charge in [-0.2, -0.15) is 0 Å². The predicted molar refractivity (Wildman–Crippen MR) is 72.6 cm³/mol. The summed E-state index contributed by atoms with van der Waals surface area (Å²) in [7, 11) is 7.95. The van der Waals surface area contributed by atoms with Crippen LogP contribution < -0.4 is 5.32 Å². The maximum atomic E-state index is 12.0. The largest absolute Gasteiger partial charge is 0.354 e. The molecule has 1 aromatic carbocycles. The highest BCUT2D eigenvalue weighted by Gasteiger charge is 2.22. The number of aryl methyl sites for hydroxylation is 1. The molecule has 0 bridgehead atoms. The molecule has 0 saturated heterocycles. The third-order valence-corrected chi connectivity index (χ3v) is 2.76. The molecule has 1 rings (SSSR count). The van der Waals surface area contributed by atoms with Crippen molar-refractivity contribution in [1.29, 1.82) is 0 Å². The monoisotopic (exact) mass is 260 g/mol. The predicted octanol–water partition coefficient (Wildman–Crippen LogP) is 0.886. The number of carbonyl (C=O) groups is 2. The lowest BCUT2D eigenvalue weighted by molar-refractivity contribution is -0.170. The van der Waals surface area contributed by atoms with Crippen molar-refractivity contribution in [2.45, 2.75) is 18.9 Å². The molecule has 0 aliphatic rings. The minimum Gasteiger partial charge on any atom is -0.354 e. The van der Waals surface area contributed by atoms with Gasteiger partial charge in [0.05, 0.1) is 7.11 Å². The van der Waals surface area contributed by atoms with Crippen LogP contribution in [0.4, 0.5) is 4.79 Å². The van der Waals surface area contributed by atoms with Gasteiger partial charge in [0.15, 0.2) is 5.81 Å². The quantitative estimate of drug-likeness (QED) is 0.610. The average Bonchev–Trinajstić information content (AvgIpc) is 2.42. The van der Waals surface area contributed by atoms with Gasteiger partial charge < -0.3 is 5.32 Å². The number of nitrogens with one attached hydrogen (secondary N) is 1. The molecule has 6 heteroatoms. The van der Waals surface area contributed by atoms with Gasteiger partial charge >= 0.3 is 0 Å². The summed E-state index contributed by atoms with van der Waals surface area (Å²) in [5, 5.41) is 3.51. The number of amides is 2. The van der Waals surface area contributed by atoms with E-state index in [0.717, 1.165) is 10.6 Å². The molecule has 2 radical (unpaired) electrons. The molecule has 0 saturated carbocycles. The molecule has 0 fully saturated rings. The van der Waals surface area contributed by atoms with Gasteiger partial charge in [-0.15, -0.1) is 0 Å². The Morgan fingerprint density at radius 1 is 1.37 bits per heavy atom. The summed E-state index contributed by atoms with van der Waals surface area (Å²) in [6.07, 6.45) is 1.12. The van der Waals surface area contributed by atoms with Gasteiger partial charge in [0.2, 0.25) is 7.85 Å². The third kappa shape index (κ3) is 5.13. The van der Waals surface area contributed by atoms with E-state index in [9.17, 15) is 9.59 Å². The molecule has 0 heterocycles. The summed E-state index contributed by atoms with van der Waals surface area (Å²) >= 11 is 0. The second kappa shape index (κ2) is 7.58. The molecule has 100 valence electrons. The minimum atomic E-state index is -0.726. The van der Waals surface area contributed by atoms with Crippen LogP contribution in [0, 0.1) is 0 Å². The molecule has 0 unspecified atom stereocenters. The molecule has 2 amide bonds. The summed E-state index contributed by atoms with van der Waals surface area (Å²) in [6, 6.07) is 9.01. The Hall–Kier alpha value is -1.82. The van der Waals surface area contributed by atoms with Crippen LogP contribution in [0.3, 0.4) is 0 Å². The first-order valence-electron chi connectivity index (χ1n) is 5.96. The van der Waals surface area contributed by atoms with Gasteiger partial charge in [-0.25, -0.2) is 5.06 Å². The molecule has 0 aliphatic heterocycles. The lowest BCUT2D eigenvalue weighted by Gasteiger charge is -2.22. The van der Waals surface area contributed by atoms with Crippen LogP contribution in [0.2, 0.25) is 0 Å². The molecule has 19 heavy (non-hydrogen) atoms. The number of nitrogens with zero attached hydrogens (tertiary/aromatic N) is 1. The number of rotatable bonds is 6. The van der Waals surface area contributed by atoms with Crippen molar-refractivity contribution in [3.8, 4) is 0 Å². The summed E-state index contributed by atoms with van der Waals surface area (Å²) < 4.78 is 0. The zero-order valence-corrected chi connectivity index (χ0v) is 11.1. The lowest BCUT2D eigenvalue weighted by atomic mass is 10.0. The van der Waals surface area contributed by atoms with Crippen molar-refractivity contribution >= 4 is 19.6 Å². The van der Waals surface area contributed by atoms with E-state index in [1.807, 2.05) is 30.3 Å². The lowest BCUT2D eigenvalue weighted by Crippen LogP contribution is -2.47. The maximum Gasteiger partial charge on any atom is 0.268 e. The highest BCUT2D eigenvalue weighted by atomic mass is 16.7. The van der Waals surface area contributed by atoms with Crippen LogP contribution >= 0.6 is 0 Å². The van der Waals surface area contributed by atoms with Gasteiger partial charge in [-0.3, -0.25) is 14.4 Å². The van der Waals surface area contributed by atoms with Gasteiger partial charge in [0.25, 0.3) is 5.91 Å². The first-order valence-corrected chi connectivity index (χ1v) is 5.96. The zero-order chi connectivity index (χ0) is 14.3. The Morgan fingerprint density at radius 2 is 2.00 bits per heavy atom. The van der Waals surface area contributed by atoms with Crippen LogP contribution in [0.1, 0.15) is 12.0 Å². The van der Waals surface area contributed by atoms with Crippen LogP contribution in [0.25, 0.3) is 0 Å². The summed E-state index contributed by atoms with van der Waals surface area (Å²) in [6.45, 7) is 0. The third-order valence-electron chi connectivity index (χ3n) is 2.76. The molecule has 0 spiro atoms. The Morgan fingerprint density at radius 3 is 2.53 bits per heavy atom. The Balaban J connectivity index is 2.64. The van der Waals surface area contributed by atoms with Crippen molar-refractivity contribution < 1.29 is 14.4 Å². The molecule has 1 N–H and O–H groups in total. The van der Waals surface area contributed by atoms with Gasteiger partial charge in [-0.05, 0) is 18.4 Å². The van der Waals surface area contributed by atoms with Crippen molar-refractivity contribution in [2.24, 2.45) is 0 Å². The number of carbonyl (C=O) groups excluding carboxylic acids is 2. The van der Waals surface area contributed by atoms with E-state index in [1.165, 1.54) is 14.2 Å².